The second-order valence-electron chi connectivity index (χ2n) is 5.90. The van der Waals surface area contributed by atoms with E-state index in [-0.39, 0.29) is 0 Å². The van der Waals surface area contributed by atoms with Crippen molar-refractivity contribution in [2.75, 3.05) is 26.2 Å². The van der Waals surface area contributed by atoms with Crippen molar-refractivity contribution < 1.29 is 14.3 Å². The Morgan fingerprint density at radius 2 is 2.09 bits per heavy atom. The van der Waals surface area contributed by atoms with Crippen molar-refractivity contribution in [3.05, 3.63) is 60.1 Å². The molecule has 2 aromatic rings. The molecular formula is C18H23NO3. The van der Waals surface area contributed by atoms with E-state index in [4.69, 9.17) is 9.15 Å². The summed E-state index contributed by atoms with van der Waals surface area (Å²) in [6, 6.07) is 14.3. The molecule has 4 heteroatoms. The van der Waals surface area contributed by atoms with Crippen molar-refractivity contribution in [3.63, 3.8) is 0 Å². The van der Waals surface area contributed by atoms with Crippen LogP contribution < -0.4 is 0 Å². The van der Waals surface area contributed by atoms with Crippen LogP contribution in [0.15, 0.2) is 53.1 Å². The number of ether oxygens (including phenoxy) is 1. The van der Waals surface area contributed by atoms with Crippen molar-refractivity contribution in [2.24, 2.45) is 0 Å². The summed E-state index contributed by atoms with van der Waals surface area (Å²) < 4.78 is 10.7. The summed E-state index contributed by atoms with van der Waals surface area (Å²) in [4.78, 5) is 2.32. The number of nitrogens with zero attached hydrogens (tertiary/aromatic N) is 1. The normalized spacial score (nSPS) is 20.3. The van der Waals surface area contributed by atoms with Crippen molar-refractivity contribution in [1.29, 1.82) is 0 Å². The molecule has 0 spiro atoms. The number of benzene rings is 1. The first-order valence-corrected chi connectivity index (χ1v) is 7.87. The molecule has 1 aliphatic heterocycles. The van der Waals surface area contributed by atoms with E-state index in [1.54, 1.807) is 6.26 Å². The third-order valence-electron chi connectivity index (χ3n) is 4.15. The summed E-state index contributed by atoms with van der Waals surface area (Å²) in [5, 5.41) is 10.1. The maximum atomic E-state index is 10.1. The van der Waals surface area contributed by atoms with Gasteiger partial charge in [0, 0.05) is 13.1 Å². The molecule has 0 radical (unpaired) electrons. The minimum atomic E-state index is -0.454. The molecule has 1 fully saturated rings. The Balaban J connectivity index is 1.38. The van der Waals surface area contributed by atoms with Gasteiger partial charge in [-0.15, -0.1) is 0 Å². The highest BCUT2D eigenvalue weighted by Gasteiger charge is 2.25. The fourth-order valence-electron chi connectivity index (χ4n) is 3.04. The zero-order chi connectivity index (χ0) is 15.2. The maximum absolute atomic E-state index is 10.1. The van der Waals surface area contributed by atoms with E-state index in [0.717, 1.165) is 25.3 Å². The highest BCUT2D eigenvalue weighted by atomic mass is 16.5. The van der Waals surface area contributed by atoms with Gasteiger partial charge >= 0.3 is 0 Å². The molecule has 22 heavy (non-hydrogen) atoms. The van der Waals surface area contributed by atoms with Crippen molar-refractivity contribution >= 4 is 0 Å². The SMILES string of the molecule is OC(COCc1ccco1)CN1CCC(c2ccccc2)C1. The summed E-state index contributed by atoms with van der Waals surface area (Å²) in [6.07, 6.45) is 2.33. The molecule has 0 aliphatic carbocycles. The average Bonchev–Trinajstić information content (AvgIpc) is 3.20. The summed E-state index contributed by atoms with van der Waals surface area (Å²) in [7, 11) is 0. The number of aliphatic hydroxyl groups is 1. The van der Waals surface area contributed by atoms with Crippen LogP contribution in [-0.2, 0) is 11.3 Å². The zero-order valence-corrected chi connectivity index (χ0v) is 12.7. The number of β-amino-alcohol motifs (C(OH)–C–C–N with tert-alkyl or cyclic N) is 1. The van der Waals surface area contributed by atoms with Gasteiger partial charge in [-0.25, -0.2) is 0 Å². The summed E-state index contributed by atoms with van der Waals surface area (Å²) in [5.74, 6) is 1.37. The predicted octanol–water partition coefficient (Wildman–Crippen LogP) is 2.65. The van der Waals surface area contributed by atoms with E-state index < -0.39 is 6.10 Å². The Hall–Kier alpha value is -1.62. The van der Waals surface area contributed by atoms with E-state index >= 15 is 0 Å². The Labute approximate surface area is 131 Å². The third kappa shape index (κ3) is 4.19. The number of aliphatic hydroxyl groups excluding tert-OH is 1. The van der Waals surface area contributed by atoms with E-state index in [2.05, 4.69) is 35.2 Å². The second kappa shape index (κ2) is 7.58. The molecule has 2 unspecified atom stereocenters. The van der Waals surface area contributed by atoms with Crippen LogP contribution in [-0.4, -0.2) is 42.4 Å². The molecule has 0 saturated carbocycles. The average molecular weight is 301 g/mol. The van der Waals surface area contributed by atoms with Gasteiger partial charge in [-0.1, -0.05) is 30.3 Å². The second-order valence-corrected chi connectivity index (χ2v) is 5.90. The lowest BCUT2D eigenvalue weighted by atomic mass is 9.99. The molecule has 1 aromatic heterocycles. The van der Waals surface area contributed by atoms with Crippen LogP contribution in [0.5, 0.6) is 0 Å². The highest BCUT2D eigenvalue weighted by Crippen LogP contribution is 2.26. The van der Waals surface area contributed by atoms with Gasteiger partial charge in [0.15, 0.2) is 0 Å². The number of furan rings is 1. The molecule has 4 nitrogen and oxygen atoms in total. The lowest BCUT2D eigenvalue weighted by Gasteiger charge is -2.20. The minimum Gasteiger partial charge on any atom is -0.467 e. The largest absolute Gasteiger partial charge is 0.467 e. The standard InChI is InChI=1S/C18H23NO3/c20-17(13-21-14-18-7-4-10-22-18)12-19-9-8-16(11-19)15-5-2-1-3-6-15/h1-7,10,16-17,20H,8-9,11-14H2. The molecule has 118 valence electrons. The number of hydrogen-bond acceptors (Lipinski definition) is 4. The van der Waals surface area contributed by atoms with E-state index in [9.17, 15) is 5.11 Å². The van der Waals surface area contributed by atoms with Crippen LogP contribution in [0, 0.1) is 0 Å². The first-order chi connectivity index (χ1) is 10.8. The van der Waals surface area contributed by atoms with Gasteiger partial charge < -0.3 is 19.2 Å². The molecule has 2 atom stereocenters. The molecule has 0 amide bonds. The molecule has 1 saturated heterocycles. The first kappa shape index (κ1) is 15.3. The number of hydrogen-bond donors (Lipinski definition) is 1. The lowest BCUT2D eigenvalue weighted by molar-refractivity contribution is 0.00815. The molecule has 1 aliphatic rings. The Morgan fingerprint density at radius 3 is 2.86 bits per heavy atom. The topological polar surface area (TPSA) is 45.8 Å². The van der Waals surface area contributed by atoms with Gasteiger partial charge in [0.25, 0.3) is 0 Å². The summed E-state index contributed by atoms with van der Waals surface area (Å²) >= 11 is 0. The Bertz CT molecular complexity index is 541. The molecule has 0 bridgehead atoms. The Kier molecular flexibility index (Phi) is 5.27. The lowest BCUT2D eigenvalue weighted by Crippen LogP contribution is -2.33. The van der Waals surface area contributed by atoms with Crippen LogP contribution in [0.1, 0.15) is 23.7 Å². The van der Waals surface area contributed by atoms with Gasteiger partial charge in [-0.2, -0.15) is 0 Å². The van der Waals surface area contributed by atoms with E-state index in [0.29, 0.717) is 25.7 Å². The Morgan fingerprint density at radius 1 is 1.23 bits per heavy atom. The van der Waals surface area contributed by atoms with Crippen LogP contribution in [0.4, 0.5) is 0 Å². The quantitative estimate of drug-likeness (QED) is 0.854. The number of rotatable bonds is 7. The maximum Gasteiger partial charge on any atom is 0.129 e. The summed E-state index contributed by atoms with van der Waals surface area (Å²) in [5.41, 5.74) is 1.40. The molecule has 3 rings (SSSR count). The predicted molar refractivity (Wildman–Crippen MR) is 84.6 cm³/mol. The smallest absolute Gasteiger partial charge is 0.129 e. The van der Waals surface area contributed by atoms with Gasteiger partial charge in [0.2, 0.25) is 0 Å². The highest BCUT2D eigenvalue weighted by molar-refractivity contribution is 5.21. The molecule has 1 N–H and O–H groups in total. The number of likely N-dealkylation sites (tertiary alicyclic amines) is 1. The monoisotopic (exact) mass is 301 g/mol. The summed E-state index contributed by atoms with van der Waals surface area (Å²) in [6.45, 7) is 3.47. The fraction of sp³-hybridized carbons (Fsp3) is 0.444. The van der Waals surface area contributed by atoms with Crippen LogP contribution >= 0.6 is 0 Å². The van der Waals surface area contributed by atoms with Gasteiger partial charge in [-0.05, 0) is 36.6 Å². The van der Waals surface area contributed by atoms with Gasteiger partial charge in [-0.3, -0.25) is 0 Å². The van der Waals surface area contributed by atoms with Gasteiger partial charge in [0.1, 0.15) is 12.4 Å². The first-order valence-electron chi connectivity index (χ1n) is 7.87. The van der Waals surface area contributed by atoms with Crippen LogP contribution in [0.2, 0.25) is 0 Å². The van der Waals surface area contributed by atoms with Crippen molar-refractivity contribution in [3.8, 4) is 0 Å². The van der Waals surface area contributed by atoms with Gasteiger partial charge in [0.05, 0.1) is 19.0 Å². The zero-order valence-electron chi connectivity index (χ0n) is 12.7. The minimum absolute atomic E-state index is 0.340. The van der Waals surface area contributed by atoms with Crippen molar-refractivity contribution in [2.45, 2.75) is 25.0 Å². The van der Waals surface area contributed by atoms with Crippen molar-refractivity contribution in [1.82, 2.24) is 4.90 Å². The fourth-order valence-corrected chi connectivity index (χ4v) is 3.04. The third-order valence-corrected chi connectivity index (χ3v) is 4.15. The van der Waals surface area contributed by atoms with Crippen LogP contribution in [0.25, 0.3) is 0 Å². The van der Waals surface area contributed by atoms with E-state index in [1.165, 1.54) is 5.56 Å². The molecular weight excluding hydrogens is 278 g/mol. The molecule has 1 aromatic carbocycles. The molecule has 2 heterocycles. The van der Waals surface area contributed by atoms with Crippen LogP contribution in [0.3, 0.4) is 0 Å². The van der Waals surface area contributed by atoms with E-state index in [1.807, 2.05) is 12.1 Å².